The first-order valence-electron chi connectivity index (χ1n) is 8.15. The molecule has 0 fully saturated rings. The molecule has 1 atom stereocenters. The molecule has 3 heterocycles. The molecule has 0 radical (unpaired) electrons. The lowest BCUT2D eigenvalue weighted by atomic mass is 9.71. The van der Waals surface area contributed by atoms with Crippen LogP contribution < -0.4 is 10.6 Å². The number of benzene rings is 1. The van der Waals surface area contributed by atoms with E-state index in [1.807, 2.05) is 39.8 Å². The molecule has 1 spiro atoms. The van der Waals surface area contributed by atoms with Crippen LogP contribution in [0.1, 0.15) is 48.6 Å². The molecule has 2 aliphatic heterocycles. The zero-order valence-electron chi connectivity index (χ0n) is 14.2. The number of nitrogens with zero attached hydrogens (tertiary/aromatic N) is 2. The molecule has 0 bridgehead atoms. The molecule has 4 rings (SSSR count). The number of rotatable bonds is 1. The van der Waals surface area contributed by atoms with Crippen molar-refractivity contribution in [1.82, 2.24) is 9.78 Å². The number of carbonyl (C=O) groups is 2. The summed E-state index contributed by atoms with van der Waals surface area (Å²) >= 11 is 0. The first-order chi connectivity index (χ1) is 11.3. The summed E-state index contributed by atoms with van der Waals surface area (Å²) in [5.41, 5.74) is 3.58. The second kappa shape index (κ2) is 4.69. The smallest absolute Gasteiger partial charge is 0.240 e. The zero-order valence-corrected chi connectivity index (χ0v) is 14.2. The number of aromatic nitrogens is 2. The van der Waals surface area contributed by atoms with Crippen LogP contribution in [0.3, 0.4) is 0 Å². The first-order valence-corrected chi connectivity index (χ1v) is 8.15. The van der Waals surface area contributed by atoms with Gasteiger partial charge in [-0.25, -0.2) is 4.68 Å². The lowest BCUT2D eigenvalue weighted by molar-refractivity contribution is -0.125. The maximum Gasteiger partial charge on any atom is 0.240 e. The van der Waals surface area contributed by atoms with E-state index in [9.17, 15) is 9.59 Å². The van der Waals surface area contributed by atoms with Crippen LogP contribution >= 0.6 is 0 Å². The van der Waals surface area contributed by atoms with Gasteiger partial charge < -0.3 is 10.6 Å². The largest absolute Gasteiger partial charge is 0.324 e. The van der Waals surface area contributed by atoms with Gasteiger partial charge in [0.1, 0.15) is 11.2 Å². The van der Waals surface area contributed by atoms with Crippen molar-refractivity contribution in [2.75, 3.05) is 10.6 Å². The van der Waals surface area contributed by atoms with Crippen molar-refractivity contribution in [2.45, 2.75) is 45.6 Å². The van der Waals surface area contributed by atoms with Crippen LogP contribution in [0.2, 0.25) is 0 Å². The Morgan fingerprint density at radius 2 is 1.92 bits per heavy atom. The average molecular weight is 324 g/mol. The summed E-state index contributed by atoms with van der Waals surface area (Å²) in [4.78, 5) is 25.5. The molecular weight excluding hydrogens is 304 g/mol. The Morgan fingerprint density at radius 3 is 2.62 bits per heavy atom. The van der Waals surface area contributed by atoms with Crippen molar-refractivity contribution >= 4 is 23.3 Å². The topological polar surface area (TPSA) is 76.0 Å². The molecule has 124 valence electrons. The van der Waals surface area contributed by atoms with Crippen LogP contribution in [0, 0.1) is 13.8 Å². The van der Waals surface area contributed by atoms with Crippen molar-refractivity contribution in [1.29, 1.82) is 0 Å². The number of hydrogen-bond donors (Lipinski definition) is 2. The van der Waals surface area contributed by atoms with Gasteiger partial charge in [0, 0.05) is 23.7 Å². The van der Waals surface area contributed by atoms with E-state index < -0.39 is 5.41 Å². The number of carbonyl (C=O) groups excluding carboxylic acids is 2. The zero-order chi connectivity index (χ0) is 17.2. The highest BCUT2D eigenvalue weighted by Gasteiger charge is 2.54. The minimum absolute atomic E-state index is 0.0902. The Kier molecular flexibility index (Phi) is 2.92. The normalized spacial score (nSPS) is 21.7. The van der Waals surface area contributed by atoms with Gasteiger partial charge in [0.2, 0.25) is 11.8 Å². The molecule has 2 aromatic rings. The quantitative estimate of drug-likeness (QED) is 0.847. The maximum atomic E-state index is 13.0. The first kappa shape index (κ1) is 14.9. The van der Waals surface area contributed by atoms with E-state index in [-0.39, 0.29) is 24.3 Å². The van der Waals surface area contributed by atoms with Gasteiger partial charge >= 0.3 is 0 Å². The Balaban J connectivity index is 2.04. The van der Waals surface area contributed by atoms with E-state index in [1.54, 1.807) is 10.9 Å². The van der Waals surface area contributed by atoms with Gasteiger partial charge in [0.25, 0.3) is 0 Å². The van der Waals surface area contributed by atoms with Crippen LogP contribution in [0.5, 0.6) is 0 Å². The summed E-state index contributed by atoms with van der Waals surface area (Å²) in [5.74, 6) is 0.320. The number of amides is 2. The van der Waals surface area contributed by atoms with Crippen LogP contribution in [-0.2, 0) is 15.0 Å². The molecule has 1 aromatic carbocycles. The Bertz CT molecular complexity index is 897. The van der Waals surface area contributed by atoms with Crippen LogP contribution in [-0.4, -0.2) is 21.6 Å². The lowest BCUT2D eigenvalue weighted by Gasteiger charge is -2.32. The molecule has 6 heteroatoms. The molecule has 6 nitrogen and oxygen atoms in total. The van der Waals surface area contributed by atoms with Crippen LogP contribution in [0.4, 0.5) is 11.5 Å². The van der Waals surface area contributed by atoms with Crippen molar-refractivity contribution < 1.29 is 9.59 Å². The highest BCUT2D eigenvalue weighted by atomic mass is 16.2. The second-order valence-corrected chi connectivity index (χ2v) is 7.03. The van der Waals surface area contributed by atoms with E-state index in [0.717, 1.165) is 27.9 Å². The molecule has 24 heavy (non-hydrogen) atoms. The van der Waals surface area contributed by atoms with Crippen LogP contribution in [0.15, 0.2) is 18.3 Å². The summed E-state index contributed by atoms with van der Waals surface area (Å²) in [6.07, 6.45) is 1.83. The van der Waals surface area contributed by atoms with E-state index in [0.29, 0.717) is 5.82 Å². The van der Waals surface area contributed by atoms with E-state index in [1.165, 1.54) is 0 Å². The third kappa shape index (κ3) is 1.74. The highest BCUT2D eigenvalue weighted by Crippen LogP contribution is 2.51. The minimum Gasteiger partial charge on any atom is -0.324 e. The number of anilines is 2. The fourth-order valence-corrected chi connectivity index (χ4v) is 3.96. The number of nitrogens with one attached hydrogen (secondary N) is 2. The minimum atomic E-state index is -0.989. The average Bonchev–Trinajstić information content (AvgIpc) is 3.02. The molecule has 2 amide bonds. The van der Waals surface area contributed by atoms with Crippen molar-refractivity contribution in [3.63, 3.8) is 0 Å². The van der Waals surface area contributed by atoms with Gasteiger partial charge in [-0.15, -0.1) is 0 Å². The SMILES string of the molecule is Cc1cc(C)c2c(c1)C1(CC(=O)Nc3c1cnn3C(C)C)C(=O)N2. The van der Waals surface area contributed by atoms with Gasteiger partial charge in [0.05, 0.1) is 6.20 Å². The molecule has 0 aliphatic carbocycles. The Labute approximate surface area is 140 Å². The van der Waals surface area contributed by atoms with Gasteiger partial charge in [0.15, 0.2) is 0 Å². The van der Waals surface area contributed by atoms with Crippen LogP contribution in [0.25, 0.3) is 0 Å². The summed E-state index contributed by atoms with van der Waals surface area (Å²) in [6.45, 7) is 7.98. The fraction of sp³-hybridized carbons (Fsp3) is 0.389. The van der Waals surface area contributed by atoms with E-state index in [2.05, 4.69) is 15.7 Å². The molecule has 2 N–H and O–H groups in total. The van der Waals surface area contributed by atoms with Gasteiger partial charge in [-0.1, -0.05) is 17.7 Å². The van der Waals surface area contributed by atoms with Gasteiger partial charge in [-0.2, -0.15) is 5.10 Å². The summed E-state index contributed by atoms with van der Waals surface area (Å²) in [6, 6.07) is 4.14. The predicted octanol–water partition coefficient (Wildman–Crippen LogP) is 2.66. The lowest BCUT2D eigenvalue weighted by Crippen LogP contribution is -2.43. The van der Waals surface area contributed by atoms with Crippen molar-refractivity contribution in [3.8, 4) is 0 Å². The molecule has 0 saturated heterocycles. The number of fused-ring (bicyclic) bond motifs is 4. The summed E-state index contributed by atoms with van der Waals surface area (Å²) < 4.78 is 1.77. The standard InChI is InChI=1S/C18H20N4O2/c1-9(2)22-16-13(8-19-22)18(7-14(23)20-16)12-6-10(3)5-11(4)15(12)21-17(18)24/h5-6,8-9H,7H2,1-4H3,(H,20,23)(H,21,24). The highest BCUT2D eigenvalue weighted by molar-refractivity contribution is 6.15. The van der Waals surface area contributed by atoms with Crippen molar-refractivity contribution in [3.05, 3.63) is 40.6 Å². The molecular formula is C18H20N4O2. The molecule has 2 aliphatic rings. The third-order valence-electron chi connectivity index (χ3n) is 4.99. The molecule has 1 aromatic heterocycles. The van der Waals surface area contributed by atoms with E-state index >= 15 is 0 Å². The third-order valence-corrected chi connectivity index (χ3v) is 4.99. The Morgan fingerprint density at radius 1 is 1.17 bits per heavy atom. The van der Waals surface area contributed by atoms with Crippen molar-refractivity contribution in [2.24, 2.45) is 0 Å². The Hall–Kier alpha value is -2.63. The number of aryl methyl sites for hydroxylation is 2. The molecule has 0 saturated carbocycles. The van der Waals surface area contributed by atoms with Gasteiger partial charge in [-0.05, 0) is 38.8 Å². The summed E-state index contributed by atoms with van der Waals surface area (Å²) in [7, 11) is 0. The maximum absolute atomic E-state index is 13.0. The fourth-order valence-electron chi connectivity index (χ4n) is 3.96. The van der Waals surface area contributed by atoms with E-state index in [4.69, 9.17) is 0 Å². The monoisotopic (exact) mass is 324 g/mol. The molecule has 1 unspecified atom stereocenters. The second-order valence-electron chi connectivity index (χ2n) is 7.03. The van der Waals surface area contributed by atoms with Gasteiger partial charge in [-0.3, -0.25) is 9.59 Å². The summed E-state index contributed by atoms with van der Waals surface area (Å²) in [5, 5.41) is 10.3. The predicted molar refractivity (Wildman–Crippen MR) is 91.2 cm³/mol. The number of hydrogen-bond acceptors (Lipinski definition) is 3.